The molecule has 0 aliphatic carbocycles. The zero-order valence-corrected chi connectivity index (χ0v) is 11.1. The Hall–Kier alpha value is -2.36. The monoisotopic (exact) mass is 252 g/mol. The summed E-state index contributed by atoms with van der Waals surface area (Å²) in [6.45, 7) is 4.20. The maximum absolute atomic E-state index is 5.91. The van der Waals surface area contributed by atoms with Crippen LogP contribution in [0.3, 0.4) is 0 Å². The lowest BCUT2D eigenvalue weighted by Gasteiger charge is -2.07. The van der Waals surface area contributed by atoms with Crippen molar-refractivity contribution in [1.29, 1.82) is 0 Å². The van der Waals surface area contributed by atoms with Gasteiger partial charge in [0, 0.05) is 5.56 Å². The molecule has 0 aliphatic heterocycles. The van der Waals surface area contributed by atoms with Crippen LogP contribution in [0.25, 0.3) is 22.3 Å². The maximum atomic E-state index is 5.91. The van der Waals surface area contributed by atoms with Crippen molar-refractivity contribution in [2.75, 3.05) is 5.73 Å². The van der Waals surface area contributed by atoms with Crippen molar-refractivity contribution in [1.82, 2.24) is 15.2 Å². The molecule has 3 N–H and O–H groups in total. The number of nitrogens with two attached hydrogens (primary N) is 1. The number of aromatic amines is 1. The third-order valence-electron chi connectivity index (χ3n) is 3.44. The number of anilines is 1. The molecule has 1 aromatic carbocycles. The van der Waals surface area contributed by atoms with E-state index in [0.717, 1.165) is 23.1 Å². The first-order valence-electron chi connectivity index (χ1n) is 6.40. The predicted octanol–water partition coefficient (Wildman–Crippen LogP) is 3.08. The summed E-state index contributed by atoms with van der Waals surface area (Å²) < 4.78 is 0. The lowest BCUT2D eigenvalue weighted by atomic mass is 10.0. The molecule has 0 amide bonds. The topological polar surface area (TPSA) is 67.6 Å². The number of benzene rings is 1. The summed E-state index contributed by atoms with van der Waals surface area (Å²) in [4.78, 5) is 4.61. The van der Waals surface area contributed by atoms with Crippen LogP contribution in [0.15, 0.2) is 30.3 Å². The van der Waals surface area contributed by atoms with Crippen molar-refractivity contribution in [3.8, 4) is 11.3 Å². The van der Waals surface area contributed by atoms with Gasteiger partial charge < -0.3 is 5.73 Å². The van der Waals surface area contributed by atoms with E-state index in [-0.39, 0.29) is 0 Å². The lowest BCUT2D eigenvalue weighted by molar-refractivity contribution is 1.10. The van der Waals surface area contributed by atoms with E-state index in [4.69, 9.17) is 5.73 Å². The molecular weight excluding hydrogens is 236 g/mol. The maximum Gasteiger partial charge on any atom is 0.183 e. The Bertz CT molecular complexity index is 743. The number of aryl methyl sites for hydroxylation is 2. The van der Waals surface area contributed by atoms with Gasteiger partial charge in [0.1, 0.15) is 5.82 Å². The van der Waals surface area contributed by atoms with Crippen molar-refractivity contribution in [2.45, 2.75) is 20.3 Å². The minimum atomic E-state index is 0.593. The minimum Gasteiger partial charge on any atom is -0.384 e. The Morgan fingerprint density at radius 2 is 2.05 bits per heavy atom. The highest BCUT2D eigenvalue weighted by molar-refractivity contribution is 5.91. The SMILES string of the molecule is CCc1cc(-c2ccccc2C)nc2n[nH]c(N)c12. The van der Waals surface area contributed by atoms with E-state index in [1.807, 2.05) is 12.1 Å². The largest absolute Gasteiger partial charge is 0.384 e. The summed E-state index contributed by atoms with van der Waals surface area (Å²) in [6.07, 6.45) is 0.904. The number of nitrogens with zero attached hydrogens (tertiary/aromatic N) is 2. The number of nitrogens with one attached hydrogen (secondary N) is 1. The molecule has 4 heteroatoms. The molecule has 3 aromatic rings. The van der Waals surface area contributed by atoms with Gasteiger partial charge in [0.15, 0.2) is 5.65 Å². The van der Waals surface area contributed by atoms with Crippen LogP contribution >= 0.6 is 0 Å². The van der Waals surface area contributed by atoms with Crippen LogP contribution in [0, 0.1) is 6.92 Å². The first-order chi connectivity index (χ1) is 9.20. The molecule has 0 radical (unpaired) electrons. The van der Waals surface area contributed by atoms with Crippen LogP contribution in [0.1, 0.15) is 18.1 Å². The summed E-state index contributed by atoms with van der Waals surface area (Å²) in [5.41, 5.74) is 11.1. The summed E-state index contributed by atoms with van der Waals surface area (Å²) in [7, 11) is 0. The molecule has 96 valence electrons. The molecule has 0 fully saturated rings. The smallest absolute Gasteiger partial charge is 0.183 e. The number of pyridine rings is 1. The molecule has 0 unspecified atom stereocenters. The van der Waals surface area contributed by atoms with Gasteiger partial charge >= 0.3 is 0 Å². The van der Waals surface area contributed by atoms with Crippen molar-refractivity contribution < 1.29 is 0 Å². The molecule has 0 saturated carbocycles. The molecule has 19 heavy (non-hydrogen) atoms. The zero-order chi connectivity index (χ0) is 13.4. The predicted molar refractivity (Wildman–Crippen MR) is 77.9 cm³/mol. The van der Waals surface area contributed by atoms with Crippen LogP contribution in [0.5, 0.6) is 0 Å². The zero-order valence-electron chi connectivity index (χ0n) is 11.1. The highest BCUT2D eigenvalue weighted by Crippen LogP contribution is 2.28. The second-order valence-electron chi connectivity index (χ2n) is 4.67. The quantitative estimate of drug-likeness (QED) is 0.736. The van der Waals surface area contributed by atoms with Crippen molar-refractivity contribution in [3.63, 3.8) is 0 Å². The fraction of sp³-hybridized carbons (Fsp3) is 0.200. The van der Waals surface area contributed by atoms with E-state index in [1.165, 1.54) is 11.1 Å². The molecular formula is C15H16N4. The molecule has 0 bridgehead atoms. The van der Waals surface area contributed by atoms with E-state index in [1.54, 1.807) is 0 Å². The van der Waals surface area contributed by atoms with Crippen molar-refractivity contribution in [2.24, 2.45) is 0 Å². The fourth-order valence-corrected chi connectivity index (χ4v) is 2.40. The Labute approximate surface area is 111 Å². The lowest BCUT2D eigenvalue weighted by Crippen LogP contribution is -1.93. The molecule has 2 heterocycles. The van der Waals surface area contributed by atoms with Gasteiger partial charge in [-0.3, -0.25) is 5.10 Å². The number of H-pyrrole nitrogens is 1. The van der Waals surface area contributed by atoms with Gasteiger partial charge in [0.2, 0.25) is 0 Å². The van der Waals surface area contributed by atoms with Crippen molar-refractivity contribution in [3.05, 3.63) is 41.5 Å². The Morgan fingerprint density at radius 1 is 1.26 bits per heavy atom. The van der Waals surface area contributed by atoms with Crippen molar-refractivity contribution >= 4 is 16.9 Å². The molecule has 0 atom stereocenters. The van der Waals surface area contributed by atoms with Crippen LogP contribution in [-0.4, -0.2) is 15.2 Å². The molecule has 3 rings (SSSR count). The molecule has 4 nitrogen and oxygen atoms in total. The fourth-order valence-electron chi connectivity index (χ4n) is 2.40. The van der Waals surface area contributed by atoms with Crippen LogP contribution in [0.4, 0.5) is 5.82 Å². The van der Waals surface area contributed by atoms with Gasteiger partial charge in [-0.1, -0.05) is 31.2 Å². The first-order valence-corrected chi connectivity index (χ1v) is 6.40. The number of fused-ring (bicyclic) bond motifs is 1. The average Bonchev–Trinajstić information content (AvgIpc) is 2.80. The summed E-state index contributed by atoms with van der Waals surface area (Å²) in [5, 5.41) is 7.94. The Morgan fingerprint density at radius 3 is 2.79 bits per heavy atom. The number of hydrogen-bond acceptors (Lipinski definition) is 3. The van der Waals surface area contributed by atoms with Gasteiger partial charge in [-0.25, -0.2) is 4.98 Å². The minimum absolute atomic E-state index is 0.593. The summed E-state index contributed by atoms with van der Waals surface area (Å²) >= 11 is 0. The standard InChI is InChI=1S/C15H16N4/c1-3-10-8-12(11-7-5-4-6-9(11)2)17-15-13(10)14(16)18-19-15/h4-8H,3H2,1-2H3,(H3,16,17,18,19). The van der Waals surface area contributed by atoms with Gasteiger partial charge in [0.25, 0.3) is 0 Å². The highest BCUT2D eigenvalue weighted by Gasteiger charge is 2.12. The van der Waals surface area contributed by atoms with Gasteiger partial charge in [-0.05, 0) is 30.5 Å². The van der Waals surface area contributed by atoms with Crippen LogP contribution in [0.2, 0.25) is 0 Å². The van der Waals surface area contributed by atoms with E-state index in [2.05, 4.69) is 47.2 Å². The third-order valence-corrected chi connectivity index (χ3v) is 3.44. The second kappa shape index (κ2) is 4.39. The number of hydrogen-bond donors (Lipinski definition) is 2. The molecule has 2 aromatic heterocycles. The summed E-state index contributed by atoms with van der Waals surface area (Å²) in [5.74, 6) is 0.593. The number of aromatic nitrogens is 3. The van der Waals surface area contributed by atoms with E-state index in [9.17, 15) is 0 Å². The first kappa shape index (κ1) is 11.7. The molecule has 0 saturated heterocycles. The van der Waals surface area contributed by atoms with Gasteiger partial charge in [-0.15, -0.1) is 0 Å². The second-order valence-corrected chi connectivity index (χ2v) is 4.67. The van der Waals surface area contributed by atoms with E-state index >= 15 is 0 Å². The third kappa shape index (κ3) is 1.85. The van der Waals surface area contributed by atoms with Gasteiger partial charge in [-0.2, -0.15) is 5.10 Å². The number of nitrogen functional groups attached to an aromatic ring is 1. The molecule has 0 spiro atoms. The normalized spacial score (nSPS) is 11.1. The van der Waals surface area contributed by atoms with Crippen LogP contribution in [-0.2, 0) is 6.42 Å². The average molecular weight is 252 g/mol. The van der Waals surface area contributed by atoms with E-state index in [0.29, 0.717) is 11.5 Å². The van der Waals surface area contributed by atoms with Gasteiger partial charge in [0.05, 0.1) is 11.1 Å². The Balaban J connectivity index is 2.29. The molecule has 0 aliphatic rings. The van der Waals surface area contributed by atoms with E-state index < -0.39 is 0 Å². The summed E-state index contributed by atoms with van der Waals surface area (Å²) in [6, 6.07) is 10.3. The van der Waals surface area contributed by atoms with Crippen LogP contribution < -0.4 is 5.73 Å². The number of rotatable bonds is 2. The highest BCUT2D eigenvalue weighted by atomic mass is 15.2. The Kier molecular flexibility index (Phi) is 2.71.